The number of anilines is 3. The highest BCUT2D eigenvalue weighted by Gasteiger charge is 2.26. The molecule has 119 valence electrons. The van der Waals surface area contributed by atoms with E-state index in [0.29, 0.717) is 5.56 Å². The fourth-order valence-electron chi connectivity index (χ4n) is 2.35. The Kier molecular flexibility index (Phi) is 4.44. The number of hydrogen-bond acceptors (Lipinski definition) is 4. The summed E-state index contributed by atoms with van der Waals surface area (Å²) in [7, 11) is 0. The number of pyridine rings is 1. The lowest BCUT2D eigenvalue weighted by atomic mass is 10.2. The molecular weight excluding hydrogens is 326 g/mol. The Balaban J connectivity index is 2.28. The van der Waals surface area contributed by atoms with E-state index in [4.69, 9.17) is 11.6 Å². The molecule has 0 bridgehead atoms. The van der Waals surface area contributed by atoms with Gasteiger partial charge in [-0.3, -0.25) is 15.0 Å². The molecule has 0 aliphatic heterocycles. The first-order chi connectivity index (χ1) is 11.6. The molecule has 0 amide bonds. The largest absolute Gasteiger partial charge is 0.320 e. The van der Waals surface area contributed by atoms with Gasteiger partial charge in [0.25, 0.3) is 0 Å². The van der Waals surface area contributed by atoms with Crippen LogP contribution in [0.1, 0.15) is 5.56 Å². The lowest BCUT2D eigenvalue weighted by Crippen LogP contribution is -2.14. The normalized spacial score (nSPS) is 10.4. The number of hydrogen-bond donors (Lipinski definition) is 0. The number of halogens is 1. The molecule has 24 heavy (non-hydrogen) atoms. The molecule has 0 N–H and O–H groups in total. The van der Waals surface area contributed by atoms with E-state index in [-0.39, 0.29) is 16.7 Å². The van der Waals surface area contributed by atoms with Crippen LogP contribution in [0.5, 0.6) is 0 Å². The minimum atomic E-state index is -0.495. The summed E-state index contributed by atoms with van der Waals surface area (Å²) in [4.78, 5) is 17.0. The number of nitrogens with zero attached hydrogens (tertiary/aromatic N) is 3. The van der Waals surface area contributed by atoms with E-state index in [9.17, 15) is 10.1 Å². The van der Waals surface area contributed by atoms with Crippen LogP contribution in [-0.4, -0.2) is 9.91 Å². The zero-order valence-electron chi connectivity index (χ0n) is 12.8. The van der Waals surface area contributed by atoms with Crippen molar-refractivity contribution in [2.75, 3.05) is 4.90 Å². The highest BCUT2D eigenvalue weighted by molar-refractivity contribution is 6.30. The van der Waals surface area contributed by atoms with Gasteiger partial charge in [-0.15, -0.1) is 0 Å². The third-order valence-electron chi connectivity index (χ3n) is 3.45. The van der Waals surface area contributed by atoms with Crippen LogP contribution in [-0.2, 0) is 0 Å². The summed E-state index contributed by atoms with van der Waals surface area (Å²) < 4.78 is 0. The zero-order chi connectivity index (χ0) is 17.1. The first-order valence-electron chi connectivity index (χ1n) is 7.22. The minimum Gasteiger partial charge on any atom is -0.289 e. The fraction of sp³-hybridized carbons (Fsp3) is 0.0556. The summed E-state index contributed by atoms with van der Waals surface area (Å²) in [5, 5.41) is 11.7. The van der Waals surface area contributed by atoms with Crippen molar-refractivity contribution in [3.8, 4) is 0 Å². The Morgan fingerprint density at radius 3 is 2.00 bits per heavy atom. The Hall–Kier alpha value is -2.92. The Labute approximate surface area is 144 Å². The van der Waals surface area contributed by atoms with Gasteiger partial charge in [-0.05, 0) is 31.2 Å². The third-order valence-corrected chi connectivity index (χ3v) is 3.82. The van der Waals surface area contributed by atoms with Gasteiger partial charge in [-0.2, -0.15) is 0 Å². The maximum atomic E-state index is 11.5. The molecule has 2 aromatic carbocycles. The maximum Gasteiger partial charge on any atom is 0.320 e. The molecule has 0 saturated carbocycles. The summed E-state index contributed by atoms with van der Waals surface area (Å²) >= 11 is 6.12. The maximum absolute atomic E-state index is 11.5. The molecule has 0 unspecified atom stereocenters. The van der Waals surface area contributed by atoms with E-state index < -0.39 is 4.92 Å². The van der Waals surface area contributed by atoms with Crippen molar-refractivity contribution in [1.29, 1.82) is 0 Å². The fourth-order valence-corrected chi connectivity index (χ4v) is 2.47. The van der Waals surface area contributed by atoms with E-state index in [1.54, 1.807) is 11.8 Å². The molecule has 0 atom stereocenters. The Morgan fingerprint density at radius 2 is 1.54 bits per heavy atom. The molecule has 3 aromatic rings. The lowest BCUT2D eigenvalue weighted by molar-refractivity contribution is -0.384. The summed E-state index contributed by atoms with van der Waals surface area (Å²) in [6, 6.07) is 21.3. The molecule has 1 heterocycles. The summed E-state index contributed by atoms with van der Waals surface area (Å²) in [6.45, 7) is 1.64. The van der Waals surface area contributed by atoms with Gasteiger partial charge in [0.1, 0.15) is 5.15 Å². The van der Waals surface area contributed by atoms with E-state index in [0.717, 1.165) is 11.4 Å². The van der Waals surface area contributed by atoms with Crippen molar-refractivity contribution in [2.24, 2.45) is 0 Å². The molecule has 6 heteroatoms. The Morgan fingerprint density at radius 1 is 1.04 bits per heavy atom. The number of benzene rings is 2. The van der Waals surface area contributed by atoms with E-state index in [2.05, 4.69) is 11.1 Å². The predicted molar refractivity (Wildman–Crippen MR) is 94.2 cm³/mol. The van der Waals surface area contributed by atoms with E-state index in [1.807, 2.05) is 60.7 Å². The van der Waals surface area contributed by atoms with Crippen LogP contribution in [0, 0.1) is 23.1 Å². The molecule has 5 nitrogen and oxygen atoms in total. The first-order valence-corrected chi connectivity index (χ1v) is 7.60. The number of para-hydroxylation sites is 2. The van der Waals surface area contributed by atoms with Crippen LogP contribution >= 0.6 is 11.6 Å². The van der Waals surface area contributed by atoms with Crippen LogP contribution < -0.4 is 4.90 Å². The van der Waals surface area contributed by atoms with Gasteiger partial charge in [0.15, 0.2) is 0 Å². The van der Waals surface area contributed by atoms with Crippen LogP contribution in [0.2, 0.25) is 5.15 Å². The third kappa shape index (κ3) is 3.07. The second kappa shape index (κ2) is 6.68. The predicted octanol–water partition coefficient (Wildman–Crippen LogP) is 5.22. The average molecular weight is 339 g/mol. The van der Waals surface area contributed by atoms with E-state index >= 15 is 0 Å². The van der Waals surface area contributed by atoms with Crippen LogP contribution in [0.25, 0.3) is 0 Å². The zero-order valence-corrected chi connectivity index (χ0v) is 13.6. The van der Waals surface area contributed by atoms with Gasteiger partial charge >= 0.3 is 5.69 Å². The SMILES string of the molecule is Cc1[c]c([N+](=O)[O-])c(N(c2ccccc2)c2ccccc2)nc1Cl. The molecule has 0 spiro atoms. The number of nitro groups is 1. The van der Waals surface area contributed by atoms with Crippen molar-refractivity contribution < 1.29 is 4.92 Å². The number of aromatic nitrogens is 1. The van der Waals surface area contributed by atoms with Crippen molar-refractivity contribution in [3.63, 3.8) is 0 Å². The summed E-state index contributed by atoms with van der Waals surface area (Å²) in [5.74, 6) is 0.132. The molecule has 0 saturated heterocycles. The minimum absolute atomic E-state index is 0.132. The molecule has 0 aliphatic rings. The molecule has 1 radical (unpaired) electrons. The standard InChI is InChI=1S/C18H13ClN3O2/c1-13-12-16(22(23)24)18(20-17(13)19)21(14-8-4-2-5-9-14)15-10-6-3-7-11-15/h2-11H,1H3. The van der Waals surface area contributed by atoms with Gasteiger partial charge in [0.05, 0.1) is 11.0 Å². The summed E-state index contributed by atoms with van der Waals surface area (Å²) in [5.41, 5.74) is 1.71. The summed E-state index contributed by atoms with van der Waals surface area (Å²) in [6.07, 6.45) is 0. The van der Waals surface area contributed by atoms with Crippen molar-refractivity contribution in [1.82, 2.24) is 4.98 Å². The van der Waals surface area contributed by atoms with E-state index in [1.165, 1.54) is 0 Å². The van der Waals surface area contributed by atoms with Crippen molar-refractivity contribution in [2.45, 2.75) is 6.92 Å². The van der Waals surface area contributed by atoms with Crippen LogP contribution in [0.4, 0.5) is 22.9 Å². The number of aryl methyl sites for hydroxylation is 1. The number of rotatable bonds is 4. The van der Waals surface area contributed by atoms with Crippen LogP contribution in [0.3, 0.4) is 0 Å². The molecule has 1 aromatic heterocycles. The molecule has 0 aliphatic carbocycles. The molecule has 3 rings (SSSR count). The van der Waals surface area contributed by atoms with Gasteiger partial charge in [-0.1, -0.05) is 48.0 Å². The second-order valence-electron chi connectivity index (χ2n) is 5.09. The van der Waals surface area contributed by atoms with Gasteiger partial charge in [-0.25, -0.2) is 4.98 Å². The highest BCUT2D eigenvalue weighted by atomic mass is 35.5. The van der Waals surface area contributed by atoms with Gasteiger partial charge in [0.2, 0.25) is 5.82 Å². The highest BCUT2D eigenvalue weighted by Crippen LogP contribution is 2.39. The van der Waals surface area contributed by atoms with Crippen molar-refractivity contribution in [3.05, 3.63) is 87.6 Å². The smallest absolute Gasteiger partial charge is 0.289 e. The second-order valence-corrected chi connectivity index (χ2v) is 5.45. The first kappa shape index (κ1) is 16.0. The molecular formula is C18H13ClN3O2. The average Bonchev–Trinajstić information content (AvgIpc) is 2.60. The van der Waals surface area contributed by atoms with Crippen molar-refractivity contribution >= 4 is 34.5 Å². The molecule has 0 fully saturated rings. The lowest BCUT2D eigenvalue weighted by Gasteiger charge is -2.24. The topological polar surface area (TPSA) is 59.3 Å². The van der Waals surface area contributed by atoms with Gasteiger partial charge < -0.3 is 0 Å². The van der Waals surface area contributed by atoms with Gasteiger partial charge in [0, 0.05) is 16.9 Å². The Bertz CT molecular complexity index is 831. The monoisotopic (exact) mass is 338 g/mol. The quantitative estimate of drug-likeness (QED) is 0.371. The van der Waals surface area contributed by atoms with Crippen LogP contribution in [0.15, 0.2) is 60.7 Å².